The van der Waals surface area contributed by atoms with Crippen LogP contribution in [0.4, 0.5) is 5.69 Å². The van der Waals surface area contributed by atoms with Crippen LogP contribution in [0.15, 0.2) is 84.9 Å². The Balaban J connectivity index is 1.79. The molecular weight excluding hydrogens is 380 g/mol. The van der Waals surface area contributed by atoms with E-state index in [0.29, 0.717) is 0 Å². The first-order valence-electron chi connectivity index (χ1n) is 9.58. The summed E-state index contributed by atoms with van der Waals surface area (Å²) in [5.41, 5.74) is 2.09. The summed E-state index contributed by atoms with van der Waals surface area (Å²) < 4.78 is 5.00. The van der Waals surface area contributed by atoms with Gasteiger partial charge in [-0.15, -0.1) is 0 Å². The number of esters is 1. The molecule has 0 heterocycles. The normalized spacial score (nSPS) is 10.3. The van der Waals surface area contributed by atoms with Gasteiger partial charge in [-0.25, -0.2) is 4.79 Å². The van der Waals surface area contributed by atoms with Crippen molar-refractivity contribution in [1.82, 2.24) is 5.32 Å². The average Bonchev–Trinajstić information content (AvgIpc) is 2.79. The summed E-state index contributed by atoms with van der Waals surface area (Å²) in [6.45, 7) is 1.90. The molecule has 0 fully saturated rings. The molecule has 0 aliphatic carbocycles. The smallest absolute Gasteiger partial charge is 0.340 e. The Morgan fingerprint density at radius 3 is 1.87 bits per heavy atom. The molecule has 0 spiro atoms. The van der Waals surface area contributed by atoms with Gasteiger partial charge in [0, 0.05) is 0 Å². The summed E-state index contributed by atoms with van der Waals surface area (Å²) in [6, 6.07) is 24.7. The summed E-state index contributed by atoms with van der Waals surface area (Å²) >= 11 is 0. The van der Waals surface area contributed by atoms with Crippen LogP contribution in [0.1, 0.15) is 34.5 Å². The third-order valence-corrected chi connectivity index (χ3v) is 4.42. The third kappa shape index (κ3) is 5.11. The van der Waals surface area contributed by atoms with Crippen molar-refractivity contribution in [3.05, 3.63) is 102 Å². The van der Waals surface area contributed by atoms with E-state index in [-0.39, 0.29) is 17.9 Å². The van der Waals surface area contributed by atoms with Crippen LogP contribution >= 0.6 is 0 Å². The van der Waals surface area contributed by atoms with E-state index in [2.05, 4.69) is 10.6 Å². The second-order valence-corrected chi connectivity index (χ2v) is 6.45. The van der Waals surface area contributed by atoms with Crippen LogP contribution in [0, 0.1) is 0 Å². The van der Waals surface area contributed by atoms with Crippen LogP contribution in [0.5, 0.6) is 0 Å². The molecule has 0 aromatic heterocycles. The van der Waals surface area contributed by atoms with Crippen molar-refractivity contribution in [3.8, 4) is 0 Å². The van der Waals surface area contributed by atoms with Gasteiger partial charge in [-0.3, -0.25) is 9.59 Å². The van der Waals surface area contributed by atoms with Crippen LogP contribution in [0.3, 0.4) is 0 Å². The Bertz CT molecular complexity index is 980. The van der Waals surface area contributed by atoms with Crippen molar-refractivity contribution in [2.45, 2.75) is 13.0 Å². The van der Waals surface area contributed by atoms with Crippen molar-refractivity contribution < 1.29 is 19.1 Å². The topological polar surface area (TPSA) is 84.5 Å². The van der Waals surface area contributed by atoms with Gasteiger partial charge < -0.3 is 15.4 Å². The van der Waals surface area contributed by atoms with Crippen LogP contribution in [0.2, 0.25) is 0 Å². The number of carbonyl (C=O) groups excluding carboxylic acids is 3. The molecule has 6 nitrogen and oxygen atoms in total. The molecule has 3 aromatic rings. The lowest BCUT2D eigenvalue weighted by atomic mass is 9.98. The van der Waals surface area contributed by atoms with E-state index in [4.69, 9.17) is 4.74 Å². The van der Waals surface area contributed by atoms with Crippen LogP contribution < -0.4 is 10.6 Å². The van der Waals surface area contributed by atoms with E-state index in [9.17, 15) is 14.4 Å². The average molecular weight is 402 g/mol. The molecule has 0 saturated carbocycles. The maximum atomic E-state index is 12.7. The fourth-order valence-corrected chi connectivity index (χ4v) is 3.00. The zero-order chi connectivity index (χ0) is 21.3. The number of carbonyl (C=O) groups is 3. The number of hydrogen-bond acceptors (Lipinski definition) is 4. The molecule has 0 unspecified atom stereocenters. The summed E-state index contributed by atoms with van der Waals surface area (Å²) in [5, 5.41) is 5.28. The summed E-state index contributed by atoms with van der Waals surface area (Å²) in [6.07, 6.45) is 0. The summed E-state index contributed by atoms with van der Waals surface area (Å²) in [4.78, 5) is 37.3. The molecular formula is C24H22N2O4. The molecule has 152 valence electrons. The minimum atomic E-state index is -0.872. The van der Waals surface area contributed by atoms with Gasteiger partial charge in [0.15, 0.2) is 0 Å². The van der Waals surface area contributed by atoms with Gasteiger partial charge in [0.25, 0.3) is 0 Å². The first-order valence-corrected chi connectivity index (χ1v) is 9.58. The maximum Gasteiger partial charge on any atom is 0.340 e. The predicted octanol–water partition coefficient (Wildman–Crippen LogP) is 3.71. The molecule has 2 N–H and O–H groups in total. The summed E-state index contributed by atoms with van der Waals surface area (Å²) in [5.74, 6) is -2.25. The maximum absolute atomic E-state index is 12.7. The van der Waals surface area contributed by atoms with E-state index in [1.54, 1.807) is 25.1 Å². The second kappa shape index (κ2) is 10.0. The molecule has 0 saturated heterocycles. The standard InChI is InChI=1S/C24H22N2O4/c1-2-30-24(29)19-15-9-10-16-20(19)25-22(27)23(28)26-21(17-11-5-3-6-12-17)18-13-7-4-8-14-18/h3-16,21H,2H2,1H3,(H,25,27)(H,26,28). The lowest BCUT2D eigenvalue weighted by molar-refractivity contribution is -0.136. The highest BCUT2D eigenvalue weighted by Crippen LogP contribution is 2.22. The van der Waals surface area contributed by atoms with Gasteiger partial charge in [0.05, 0.1) is 23.9 Å². The van der Waals surface area contributed by atoms with E-state index >= 15 is 0 Å². The fourth-order valence-electron chi connectivity index (χ4n) is 3.00. The molecule has 0 atom stereocenters. The van der Waals surface area contributed by atoms with E-state index in [1.807, 2.05) is 60.7 Å². The number of hydrogen-bond donors (Lipinski definition) is 2. The minimum absolute atomic E-state index is 0.183. The van der Waals surface area contributed by atoms with E-state index < -0.39 is 23.8 Å². The van der Waals surface area contributed by atoms with Gasteiger partial charge in [-0.1, -0.05) is 72.8 Å². The van der Waals surface area contributed by atoms with Gasteiger partial charge in [0.1, 0.15) is 0 Å². The van der Waals surface area contributed by atoms with Crippen molar-refractivity contribution in [2.75, 3.05) is 11.9 Å². The number of para-hydroxylation sites is 1. The Morgan fingerprint density at radius 2 is 1.30 bits per heavy atom. The van der Waals surface area contributed by atoms with Crippen LogP contribution in [-0.2, 0) is 14.3 Å². The number of anilines is 1. The highest BCUT2D eigenvalue weighted by atomic mass is 16.5. The van der Waals surface area contributed by atoms with Crippen molar-refractivity contribution in [2.24, 2.45) is 0 Å². The largest absolute Gasteiger partial charge is 0.462 e. The summed E-state index contributed by atoms with van der Waals surface area (Å²) in [7, 11) is 0. The monoisotopic (exact) mass is 402 g/mol. The van der Waals surface area contributed by atoms with E-state index in [0.717, 1.165) is 11.1 Å². The molecule has 0 aliphatic heterocycles. The Hall–Kier alpha value is -3.93. The molecule has 0 bridgehead atoms. The van der Waals surface area contributed by atoms with Gasteiger partial charge in [-0.2, -0.15) is 0 Å². The molecule has 3 rings (SSSR count). The lowest BCUT2D eigenvalue weighted by Crippen LogP contribution is -2.38. The fraction of sp³-hybridized carbons (Fsp3) is 0.125. The Morgan fingerprint density at radius 1 is 0.767 bits per heavy atom. The Labute approximate surface area is 174 Å². The highest BCUT2D eigenvalue weighted by Gasteiger charge is 2.23. The van der Waals surface area contributed by atoms with E-state index in [1.165, 1.54) is 6.07 Å². The quantitative estimate of drug-likeness (QED) is 0.486. The lowest BCUT2D eigenvalue weighted by Gasteiger charge is -2.20. The molecule has 0 aliphatic rings. The SMILES string of the molecule is CCOC(=O)c1ccccc1NC(=O)C(=O)NC(c1ccccc1)c1ccccc1. The molecule has 0 radical (unpaired) electrons. The first kappa shape index (κ1) is 20.8. The number of ether oxygens (including phenoxy) is 1. The van der Waals surface area contributed by atoms with Gasteiger partial charge in [0.2, 0.25) is 0 Å². The number of benzene rings is 3. The zero-order valence-electron chi connectivity index (χ0n) is 16.5. The zero-order valence-corrected chi connectivity index (χ0v) is 16.5. The second-order valence-electron chi connectivity index (χ2n) is 6.45. The van der Waals surface area contributed by atoms with Crippen molar-refractivity contribution >= 4 is 23.5 Å². The van der Waals surface area contributed by atoms with Gasteiger partial charge in [-0.05, 0) is 30.2 Å². The van der Waals surface area contributed by atoms with Crippen molar-refractivity contribution in [1.29, 1.82) is 0 Å². The van der Waals surface area contributed by atoms with Crippen molar-refractivity contribution in [3.63, 3.8) is 0 Å². The molecule has 6 heteroatoms. The molecule has 2 amide bonds. The van der Waals surface area contributed by atoms with Gasteiger partial charge >= 0.3 is 17.8 Å². The Kier molecular flexibility index (Phi) is 6.95. The number of rotatable bonds is 6. The molecule has 30 heavy (non-hydrogen) atoms. The highest BCUT2D eigenvalue weighted by molar-refractivity contribution is 6.40. The number of amides is 2. The van der Waals surface area contributed by atoms with Crippen LogP contribution in [-0.4, -0.2) is 24.4 Å². The van der Waals surface area contributed by atoms with Crippen LogP contribution in [0.25, 0.3) is 0 Å². The number of nitrogens with one attached hydrogen (secondary N) is 2. The third-order valence-electron chi connectivity index (χ3n) is 4.42. The predicted molar refractivity (Wildman–Crippen MR) is 114 cm³/mol. The minimum Gasteiger partial charge on any atom is -0.462 e. The first-order chi connectivity index (χ1) is 14.6. The molecule has 3 aromatic carbocycles.